The fourth-order valence-electron chi connectivity index (χ4n) is 1.07. The first-order valence-electron chi connectivity index (χ1n) is 6.72. The van der Waals surface area contributed by atoms with E-state index in [1.165, 1.54) is 11.1 Å². The molecule has 2 rings (SSSR count). The Bertz CT molecular complexity index is 760. The molecule has 162 valence electrons. The second kappa shape index (κ2) is 25.2. The van der Waals surface area contributed by atoms with Gasteiger partial charge in [0.1, 0.15) is 0 Å². The predicted molar refractivity (Wildman–Crippen MR) is 100 cm³/mol. The van der Waals surface area contributed by atoms with Gasteiger partial charge in [-0.2, -0.15) is 16.8 Å². The van der Waals surface area contributed by atoms with Crippen LogP contribution in [0.4, 0.5) is 0 Å². The average Bonchev–Trinajstić information content (AvgIpc) is 2.45. The molecule has 0 saturated carbocycles. The SMILES string of the molecule is Cc1ccccc1.Cc1ccccc1.O=S(=O)(O)O.O=S(=O)(O)O.O=S([O-])[O-].[K+].[K+]. The van der Waals surface area contributed by atoms with Crippen LogP contribution in [-0.2, 0) is 32.2 Å². The van der Waals surface area contributed by atoms with Crippen LogP contribution in [0.2, 0.25) is 0 Å². The monoisotopic (exact) mass is 538 g/mol. The van der Waals surface area contributed by atoms with Crippen LogP contribution in [0.5, 0.6) is 0 Å². The Balaban J connectivity index is -0.0000000870. The number of hydrogen-bond acceptors (Lipinski definition) is 7. The molecule has 0 aromatic heterocycles. The summed E-state index contributed by atoms with van der Waals surface area (Å²) < 4.78 is 88.5. The van der Waals surface area contributed by atoms with Gasteiger partial charge in [0.2, 0.25) is 0 Å². The number of benzene rings is 2. The maximum absolute atomic E-state index is 8.74. The summed E-state index contributed by atoms with van der Waals surface area (Å²) in [5, 5.41) is 0. The standard InChI is InChI=1S/2C7H8.2K.2H2O4S.H2O3S/c2*1-7-5-3-2-4-6-7;;;2*1-5(2,3)4;1-4(2)3/h2*2-6H,1H3;;;2*(H2,1,2,3,4);(H2,1,2,3)/q;;2*+1;;;/p-2. The van der Waals surface area contributed by atoms with Gasteiger partial charge in [-0.15, -0.1) is 11.4 Å². The molecule has 16 heteroatoms. The first-order valence-corrected chi connectivity index (χ1v) is 10.5. The van der Waals surface area contributed by atoms with Gasteiger partial charge < -0.3 is 9.11 Å². The molecule has 4 N–H and O–H groups in total. The van der Waals surface area contributed by atoms with Gasteiger partial charge in [0.25, 0.3) is 0 Å². The maximum atomic E-state index is 8.74. The first-order chi connectivity index (χ1) is 12.5. The zero-order valence-corrected chi connectivity index (χ0v) is 25.3. The van der Waals surface area contributed by atoms with Crippen molar-refractivity contribution in [2.24, 2.45) is 0 Å². The van der Waals surface area contributed by atoms with Crippen molar-refractivity contribution in [1.82, 2.24) is 0 Å². The van der Waals surface area contributed by atoms with Crippen LogP contribution >= 0.6 is 0 Å². The molecule has 0 unspecified atom stereocenters. The summed E-state index contributed by atoms with van der Waals surface area (Å²) in [6.45, 7) is 4.17. The van der Waals surface area contributed by atoms with E-state index in [2.05, 4.69) is 38.1 Å². The third kappa shape index (κ3) is 78.2. The minimum absolute atomic E-state index is 0. The Morgan fingerprint density at radius 2 is 0.767 bits per heavy atom. The van der Waals surface area contributed by atoms with Gasteiger partial charge in [-0.05, 0) is 13.8 Å². The fraction of sp³-hybridized carbons (Fsp3) is 0.143. The van der Waals surface area contributed by atoms with Crippen molar-refractivity contribution in [1.29, 1.82) is 0 Å². The second-order valence-corrected chi connectivity index (χ2v) is 6.61. The van der Waals surface area contributed by atoms with Crippen molar-refractivity contribution in [3.05, 3.63) is 71.8 Å². The van der Waals surface area contributed by atoms with Gasteiger partial charge in [0.05, 0.1) is 0 Å². The average molecular weight is 539 g/mol. The van der Waals surface area contributed by atoms with Crippen molar-refractivity contribution in [3.8, 4) is 0 Å². The molecule has 0 radical (unpaired) electrons. The molecule has 0 fully saturated rings. The molecule has 2 aromatic rings. The predicted octanol–water partition coefficient (Wildman–Crippen LogP) is -4.31. The van der Waals surface area contributed by atoms with Crippen molar-refractivity contribution in [2.45, 2.75) is 13.8 Å². The van der Waals surface area contributed by atoms with Crippen LogP contribution < -0.4 is 103 Å². The van der Waals surface area contributed by atoms with Crippen LogP contribution in [-0.4, -0.2) is 48.4 Å². The fourth-order valence-corrected chi connectivity index (χ4v) is 1.07. The van der Waals surface area contributed by atoms with Crippen LogP contribution in [0.3, 0.4) is 0 Å². The van der Waals surface area contributed by atoms with Gasteiger partial charge in [-0.25, -0.2) is 0 Å². The Morgan fingerprint density at radius 3 is 0.833 bits per heavy atom. The smallest absolute Gasteiger partial charge is 0.784 e. The van der Waals surface area contributed by atoms with E-state index in [0.717, 1.165) is 0 Å². The second-order valence-electron chi connectivity index (χ2n) is 4.41. The van der Waals surface area contributed by atoms with E-state index in [1.54, 1.807) is 0 Å². The van der Waals surface area contributed by atoms with Crippen LogP contribution in [0.15, 0.2) is 60.7 Å². The van der Waals surface area contributed by atoms with Gasteiger partial charge in [0, 0.05) is 0 Å². The topological polar surface area (TPSA) is 212 Å². The summed E-state index contributed by atoms with van der Waals surface area (Å²) in [5.41, 5.74) is 2.64. The molecule has 0 aliphatic carbocycles. The molecule has 0 spiro atoms. The van der Waals surface area contributed by atoms with Crippen molar-refractivity contribution >= 4 is 32.2 Å². The maximum Gasteiger partial charge on any atom is 1.00 e. The minimum atomic E-state index is -4.67. The molecular weight excluding hydrogens is 519 g/mol. The van der Waals surface area contributed by atoms with E-state index in [4.69, 9.17) is 48.4 Å². The Kier molecular flexibility index (Phi) is 35.0. The molecular formula is C14H20K2O11S3. The summed E-state index contributed by atoms with van der Waals surface area (Å²) >= 11 is -3.11. The summed E-state index contributed by atoms with van der Waals surface area (Å²) in [4.78, 5) is 0. The summed E-state index contributed by atoms with van der Waals surface area (Å²) in [7, 11) is -9.33. The molecule has 0 amide bonds. The summed E-state index contributed by atoms with van der Waals surface area (Å²) in [6.07, 6.45) is 0. The molecule has 2 aromatic carbocycles. The van der Waals surface area contributed by atoms with Gasteiger partial charge >= 0.3 is 124 Å². The van der Waals surface area contributed by atoms with Crippen molar-refractivity contribution < 1.29 is 151 Å². The van der Waals surface area contributed by atoms with Crippen LogP contribution in [0.25, 0.3) is 0 Å². The van der Waals surface area contributed by atoms with E-state index in [0.29, 0.717) is 0 Å². The zero-order valence-electron chi connectivity index (χ0n) is 16.6. The molecule has 0 atom stereocenters. The van der Waals surface area contributed by atoms with Gasteiger partial charge in [0.15, 0.2) is 0 Å². The summed E-state index contributed by atoms with van der Waals surface area (Å²) in [5.74, 6) is 0. The third-order valence-corrected chi connectivity index (χ3v) is 1.88. The Labute approximate surface area is 264 Å². The van der Waals surface area contributed by atoms with E-state index < -0.39 is 32.2 Å². The van der Waals surface area contributed by atoms with E-state index in [9.17, 15) is 0 Å². The van der Waals surface area contributed by atoms with Gasteiger partial charge in [-0.3, -0.25) is 22.4 Å². The minimum Gasteiger partial charge on any atom is -0.784 e. The van der Waals surface area contributed by atoms with Crippen molar-refractivity contribution in [3.63, 3.8) is 0 Å². The molecule has 30 heavy (non-hydrogen) atoms. The zero-order chi connectivity index (χ0) is 22.8. The Hall–Kier alpha value is 1.52. The van der Waals surface area contributed by atoms with Crippen LogP contribution in [0, 0.1) is 13.8 Å². The largest absolute Gasteiger partial charge is 1.00 e. The number of hydrogen-bond donors (Lipinski definition) is 4. The quantitative estimate of drug-likeness (QED) is 0.143. The van der Waals surface area contributed by atoms with Crippen molar-refractivity contribution in [2.75, 3.05) is 0 Å². The Morgan fingerprint density at radius 1 is 0.633 bits per heavy atom. The van der Waals surface area contributed by atoms with Gasteiger partial charge in [-0.1, -0.05) is 71.8 Å². The van der Waals surface area contributed by atoms with Crippen LogP contribution in [0.1, 0.15) is 11.1 Å². The van der Waals surface area contributed by atoms with E-state index in [-0.39, 0.29) is 103 Å². The summed E-state index contributed by atoms with van der Waals surface area (Å²) in [6, 6.07) is 20.5. The molecule has 0 heterocycles. The normalized spacial score (nSPS) is 9.10. The van der Waals surface area contributed by atoms with E-state index in [1.807, 2.05) is 36.4 Å². The van der Waals surface area contributed by atoms with E-state index >= 15 is 0 Å². The molecule has 0 saturated heterocycles. The first kappa shape index (κ1) is 41.7. The molecule has 0 aliphatic rings. The molecule has 11 nitrogen and oxygen atoms in total. The number of aryl methyl sites for hydroxylation is 2. The third-order valence-electron chi connectivity index (χ3n) is 1.88. The number of rotatable bonds is 0. The molecule has 0 bridgehead atoms. The molecule has 0 aliphatic heterocycles.